The molecule has 2 aromatic heterocycles. The van der Waals surface area contributed by atoms with Crippen LogP contribution in [0.3, 0.4) is 0 Å². The smallest absolute Gasteiger partial charge is 0.287 e. The monoisotopic (exact) mass is 387 g/mol. The zero-order chi connectivity index (χ0) is 20.7. The quantitative estimate of drug-likeness (QED) is 0.669. The van der Waals surface area contributed by atoms with Crippen LogP contribution in [0.4, 0.5) is 0 Å². The summed E-state index contributed by atoms with van der Waals surface area (Å²) in [6.45, 7) is 11.8. The Morgan fingerprint density at radius 2 is 1.93 bits per heavy atom. The molecule has 0 spiro atoms. The van der Waals surface area contributed by atoms with Crippen LogP contribution in [0.25, 0.3) is 0 Å². The van der Waals surface area contributed by atoms with Crippen molar-refractivity contribution in [2.24, 2.45) is 5.92 Å². The van der Waals surface area contributed by atoms with E-state index in [2.05, 4.69) is 16.8 Å². The third-order valence-electron chi connectivity index (χ3n) is 4.78. The highest BCUT2D eigenvalue weighted by molar-refractivity contribution is 5.91. The number of hydrogen-bond acceptors (Lipinski definition) is 3. The van der Waals surface area contributed by atoms with E-state index in [9.17, 15) is 9.59 Å². The minimum Gasteiger partial charge on any atom is -0.454 e. The fraction of sp³-hybridized carbons (Fsp3) is 0.545. The van der Waals surface area contributed by atoms with Crippen molar-refractivity contribution in [1.82, 2.24) is 14.8 Å². The van der Waals surface area contributed by atoms with E-state index in [0.29, 0.717) is 24.6 Å². The van der Waals surface area contributed by atoms with Gasteiger partial charge in [-0.15, -0.1) is 0 Å². The first-order valence-electron chi connectivity index (χ1n) is 10.2. The van der Waals surface area contributed by atoms with Crippen LogP contribution in [0, 0.1) is 5.92 Å². The summed E-state index contributed by atoms with van der Waals surface area (Å²) in [5.74, 6) is 0.990. The lowest BCUT2D eigenvalue weighted by molar-refractivity contribution is -0.135. The van der Waals surface area contributed by atoms with Crippen molar-refractivity contribution in [3.8, 4) is 0 Å². The summed E-state index contributed by atoms with van der Waals surface area (Å²) in [6, 6.07) is 7.65. The van der Waals surface area contributed by atoms with Crippen molar-refractivity contribution >= 4 is 11.8 Å². The van der Waals surface area contributed by atoms with E-state index in [1.54, 1.807) is 6.07 Å². The number of amides is 2. The molecule has 2 heterocycles. The van der Waals surface area contributed by atoms with Crippen LogP contribution < -0.4 is 5.32 Å². The van der Waals surface area contributed by atoms with Gasteiger partial charge < -0.3 is 19.2 Å². The largest absolute Gasteiger partial charge is 0.454 e. The number of furan rings is 1. The number of rotatable bonds is 10. The van der Waals surface area contributed by atoms with Crippen molar-refractivity contribution < 1.29 is 14.0 Å². The van der Waals surface area contributed by atoms with E-state index in [4.69, 9.17) is 4.42 Å². The van der Waals surface area contributed by atoms with Gasteiger partial charge in [0.15, 0.2) is 5.76 Å². The summed E-state index contributed by atoms with van der Waals surface area (Å²) in [4.78, 5) is 26.6. The van der Waals surface area contributed by atoms with Gasteiger partial charge in [0.2, 0.25) is 5.91 Å². The minimum absolute atomic E-state index is 0.0216. The van der Waals surface area contributed by atoms with E-state index in [1.807, 2.05) is 57.0 Å². The molecule has 1 atom stereocenters. The number of nitrogens with one attached hydrogen (secondary N) is 1. The molecule has 154 valence electrons. The highest BCUT2D eigenvalue weighted by Crippen LogP contribution is 2.15. The van der Waals surface area contributed by atoms with Crippen molar-refractivity contribution in [1.29, 1.82) is 0 Å². The molecule has 2 rings (SSSR count). The van der Waals surface area contributed by atoms with Crippen LogP contribution in [0.15, 0.2) is 34.9 Å². The molecule has 28 heavy (non-hydrogen) atoms. The van der Waals surface area contributed by atoms with Gasteiger partial charge in [-0.2, -0.15) is 0 Å². The Hall–Kier alpha value is -2.50. The summed E-state index contributed by atoms with van der Waals surface area (Å²) < 4.78 is 7.80. The van der Waals surface area contributed by atoms with Crippen LogP contribution in [-0.2, 0) is 17.9 Å². The Morgan fingerprint density at radius 3 is 2.57 bits per heavy atom. The summed E-state index contributed by atoms with van der Waals surface area (Å²) in [6.07, 6.45) is 3.77. The van der Waals surface area contributed by atoms with Gasteiger partial charge in [0.25, 0.3) is 5.91 Å². The maximum absolute atomic E-state index is 12.5. The van der Waals surface area contributed by atoms with Crippen molar-refractivity contribution in [3.05, 3.63) is 47.7 Å². The van der Waals surface area contributed by atoms with E-state index in [1.165, 1.54) is 0 Å². The summed E-state index contributed by atoms with van der Waals surface area (Å²) in [5.41, 5.74) is 1.05. The van der Waals surface area contributed by atoms with E-state index in [-0.39, 0.29) is 23.8 Å². The molecule has 0 radical (unpaired) electrons. The maximum atomic E-state index is 12.5. The molecule has 2 aromatic rings. The number of hydrogen-bond donors (Lipinski definition) is 1. The molecule has 0 saturated heterocycles. The predicted octanol–water partition coefficient (Wildman–Crippen LogP) is 4.05. The Labute approximate surface area is 167 Å². The fourth-order valence-electron chi connectivity index (χ4n) is 2.99. The molecule has 1 N–H and O–H groups in total. The molecular weight excluding hydrogens is 354 g/mol. The van der Waals surface area contributed by atoms with Gasteiger partial charge in [-0.1, -0.05) is 27.7 Å². The molecule has 0 aliphatic rings. The van der Waals surface area contributed by atoms with Gasteiger partial charge in [-0.3, -0.25) is 9.59 Å². The lowest BCUT2D eigenvalue weighted by atomic mass is 10.2. The summed E-state index contributed by atoms with van der Waals surface area (Å²) in [7, 11) is 0. The van der Waals surface area contributed by atoms with Gasteiger partial charge in [-0.05, 0) is 44.0 Å². The van der Waals surface area contributed by atoms with Gasteiger partial charge >= 0.3 is 0 Å². The third kappa shape index (κ3) is 5.75. The molecule has 0 aliphatic heterocycles. The first kappa shape index (κ1) is 21.8. The first-order chi connectivity index (χ1) is 13.3. The van der Waals surface area contributed by atoms with Crippen LogP contribution in [0.2, 0.25) is 0 Å². The molecule has 2 amide bonds. The molecule has 0 aromatic carbocycles. The minimum atomic E-state index is -0.190. The highest BCUT2D eigenvalue weighted by atomic mass is 16.4. The summed E-state index contributed by atoms with van der Waals surface area (Å²) in [5, 5.41) is 2.91. The average Bonchev–Trinajstić information content (AvgIpc) is 3.30. The zero-order valence-electron chi connectivity index (χ0n) is 17.7. The zero-order valence-corrected chi connectivity index (χ0v) is 17.7. The number of aromatic nitrogens is 1. The van der Waals surface area contributed by atoms with E-state index in [0.717, 1.165) is 25.1 Å². The number of nitrogens with zero attached hydrogens (tertiary/aromatic N) is 2. The van der Waals surface area contributed by atoms with Crippen LogP contribution in [0.5, 0.6) is 0 Å². The molecule has 0 aliphatic carbocycles. The maximum Gasteiger partial charge on any atom is 0.287 e. The average molecular weight is 388 g/mol. The fourth-order valence-corrected chi connectivity index (χ4v) is 2.99. The van der Waals surface area contributed by atoms with E-state index < -0.39 is 0 Å². The number of carbonyl (C=O) groups is 2. The first-order valence-corrected chi connectivity index (χ1v) is 10.2. The lowest BCUT2D eigenvalue weighted by Crippen LogP contribution is -2.35. The van der Waals surface area contributed by atoms with Crippen molar-refractivity contribution in [2.45, 2.75) is 66.6 Å². The van der Waals surface area contributed by atoms with Gasteiger partial charge in [0, 0.05) is 30.4 Å². The third-order valence-corrected chi connectivity index (χ3v) is 4.78. The second kappa shape index (κ2) is 10.2. The molecule has 0 fully saturated rings. The molecule has 0 bridgehead atoms. The lowest BCUT2D eigenvalue weighted by Gasteiger charge is -2.24. The molecule has 6 nitrogen and oxygen atoms in total. The highest BCUT2D eigenvalue weighted by Gasteiger charge is 2.18. The Kier molecular flexibility index (Phi) is 7.91. The second-order valence-corrected chi connectivity index (χ2v) is 7.59. The topological polar surface area (TPSA) is 67.5 Å². The normalized spacial score (nSPS) is 12.2. The molecule has 0 saturated carbocycles. The van der Waals surface area contributed by atoms with Gasteiger partial charge in [0.05, 0.1) is 13.1 Å². The van der Waals surface area contributed by atoms with Crippen LogP contribution >= 0.6 is 0 Å². The van der Waals surface area contributed by atoms with Gasteiger partial charge in [-0.25, -0.2) is 0 Å². The Bertz CT molecular complexity index is 776. The standard InChI is InChI=1S/C22H33N3O3/c1-6-12-25(22(27)16(3)4)14-18-9-8-13-24(18)15-19-10-11-20(28-19)21(26)23-17(5)7-2/h8-11,13,16-17H,6-7,12,14-15H2,1-5H3,(H,23,26). The number of carbonyl (C=O) groups excluding carboxylic acids is 2. The van der Waals surface area contributed by atoms with E-state index >= 15 is 0 Å². The molecule has 1 unspecified atom stereocenters. The SMILES string of the molecule is CCCN(Cc1cccn1Cc1ccc(C(=O)NC(C)CC)o1)C(=O)C(C)C. The predicted molar refractivity (Wildman–Crippen MR) is 110 cm³/mol. The van der Waals surface area contributed by atoms with Crippen molar-refractivity contribution in [3.63, 3.8) is 0 Å². The summed E-state index contributed by atoms with van der Waals surface area (Å²) >= 11 is 0. The van der Waals surface area contributed by atoms with Crippen LogP contribution in [-0.4, -0.2) is 33.9 Å². The van der Waals surface area contributed by atoms with Crippen LogP contribution in [0.1, 0.15) is 69.5 Å². The Balaban J connectivity index is 2.08. The second-order valence-electron chi connectivity index (χ2n) is 7.59. The van der Waals surface area contributed by atoms with Crippen molar-refractivity contribution in [2.75, 3.05) is 6.54 Å². The Morgan fingerprint density at radius 1 is 1.18 bits per heavy atom. The molecule has 6 heteroatoms. The van der Waals surface area contributed by atoms with Gasteiger partial charge in [0.1, 0.15) is 5.76 Å². The molecular formula is C22H33N3O3.